The van der Waals surface area contributed by atoms with E-state index < -0.39 is 6.10 Å². The SMILES string of the molecule is NCC[C@@H](O)c1cccc2ccccc12. The lowest BCUT2D eigenvalue weighted by atomic mass is 9.99. The number of aliphatic hydroxyl groups is 1. The molecule has 0 fully saturated rings. The Morgan fingerprint density at radius 1 is 1.07 bits per heavy atom. The molecule has 0 radical (unpaired) electrons. The molecule has 0 saturated carbocycles. The van der Waals surface area contributed by atoms with Gasteiger partial charge in [-0.15, -0.1) is 0 Å². The van der Waals surface area contributed by atoms with Crippen LogP contribution < -0.4 is 5.73 Å². The topological polar surface area (TPSA) is 46.2 Å². The van der Waals surface area contributed by atoms with Gasteiger partial charge in [0.25, 0.3) is 0 Å². The minimum absolute atomic E-state index is 0.457. The minimum Gasteiger partial charge on any atom is -0.388 e. The number of benzene rings is 2. The zero-order valence-corrected chi connectivity index (χ0v) is 8.56. The van der Waals surface area contributed by atoms with E-state index >= 15 is 0 Å². The predicted molar refractivity (Wildman–Crippen MR) is 62.6 cm³/mol. The van der Waals surface area contributed by atoms with Crippen molar-refractivity contribution in [2.24, 2.45) is 5.73 Å². The normalized spacial score (nSPS) is 12.9. The van der Waals surface area contributed by atoms with Crippen LogP contribution in [0.25, 0.3) is 10.8 Å². The van der Waals surface area contributed by atoms with Gasteiger partial charge in [-0.05, 0) is 29.3 Å². The van der Waals surface area contributed by atoms with Crippen molar-refractivity contribution in [2.45, 2.75) is 12.5 Å². The first-order valence-corrected chi connectivity index (χ1v) is 5.18. The van der Waals surface area contributed by atoms with Crippen LogP contribution in [-0.2, 0) is 0 Å². The Labute approximate surface area is 89.3 Å². The number of hydrogen-bond donors (Lipinski definition) is 2. The van der Waals surface area contributed by atoms with Gasteiger partial charge in [0.1, 0.15) is 0 Å². The van der Waals surface area contributed by atoms with Crippen LogP contribution in [0.5, 0.6) is 0 Å². The summed E-state index contributed by atoms with van der Waals surface area (Å²) in [4.78, 5) is 0. The highest BCUT2D eigenvalue weighted by Gasteiger charge is 2.09. The van der Waals surface area contributed by atoms with E-state index in [0.29, 0.717) is 13.0 Å². The molecule has 2 rings (SSSR count). The van der Waals surface area contributed by atoms with Crippen LogP contribution in [0.1, 0.15) is 18.1 Å². The van der Waals surface area contributed by atoms with Crippen LogP contribution in [0, 0.1) is 0 Å². The van der Waals surface area contributed by atoms with Crippen LogP contribution in [-0.4, -0.2) is 11.7 Å². The first kappa shape index (κ1) is 10.1. The highest BCUT2D eigenvalue weighted by Crippen LogP contribution is 2.25. The fraction of sp³-hybridized carbons (Fsp3) is 0.231. The fourth-order valence-corrected chi connectivity index (χ4v) is 1.85. The summed E-state index contributed by atoms with van der Waals surface area (Å²) in [5, 5.41) is 12.2. The third-order valence-electron chi connectivity index (χ3n) is 2.62. The van der Waals surface area contributed by atoms with Crippen LogP contribution >= 0.6 is 0 Å². The van der Waals surface area contributed by atoms with Crippen molar-refractivity contribution in [3.05, 3.63) is 48.0 Å². The zero-order valence-electron chi connectivity index (χ0n) is 8.56. The van der Waals surface area contributed by atoms with E-state index in [2.05, 4.69) is 0 Å². The van der Waals surface area contributed by atoms with Crippen molar-refractivity contribution < 1.29 is 5.11 Å². The Hall–Kier alpha value is -1.38. The highest BCUT2D eigenvalue weighted by atomic mass is 16.3. The van der Waals surface area contributed by atoms with Crippen molar-refractivity contribution in [2.75, 3.05) is 6.54 Å². The van der Waals surface area contributed by atoms with E-state index in [-0.39, 0.29) is 0 Å². The summed E-state index contributed by atoms with van der Waals surface area (Å²) in [6.45, 7) is 0.504. The molecule has 0 saturated heterocycles. The lowest BCUT2D eigenvalue weighted by Gasteiger charge is -2.12. The van der Waals surface area contributed by atoms with Crippen LogP contribution in [0.3, 0.4) is 0 Å². The van der Waals surface area contributed by atoms with Crippen molar-refractivity contribution >= 4 is 10.8 Å². The van der Waals surface area contributed by atoms with Gasteiger partial charge in [-0.3, -0.25) is 0 Å². The number of aliphatic hydroxyl groups excluding tert-OH is 1. The number of rotatable bonds is 3. The first-order valence-electron chi connectivity index (χ1n) is 5.18. The molecule has 0 amide bonds. The zero-order chi connectivity index (χ0) is 10.7. The lowest BCUT2D eigenvalue weighted by molar-refractivity contribution is 0.172. The van der Waals surface area contributed by atoms with Gasteiger partial charge >= 0.3 is 0 Å². The third kappa shape index (κ3) is 2.01. The molecule has 0 heterocycles. The predicted octanol–water partition coefficient (Wildman–Crippen LogP) is 2.22. The quantitative estimate of drug-likeness (QED) is 0.799. The molecule has 2 nitrogen and oxygen atoms in total. The second kappa shape index (κ2) is 4.43. The van der Waals surface area contributed by atoms with Crippen LogP contribution in [0.2, 0.25) is 0 Å². The Bertz CT molecular complexity index is 448. The molecule has 78 valence electrons. The fourth-order valence-electron chi connectivity index (χ4n) is 1.85. The van der Waals surface area contributed by atoms with Gasteiger partial charge in [-0.2, -0.15) is 0 Å². The van der Waals surface area contributed by atoms with Gasteiger partial charge in [0, 0.05) is 0 Å². The Kier molecular flexibility index (Phi) is 2.99. The maximum absolute atomic E-state index is 9.94. The van der Waals surface area contributed by atoms with Crippen LogP contribution in [0.4, 0.5) is 0 Å². The van der Waals surface area contributed by atoms with Gasteiger partial charge in [0.15, 0.2) is 0 Å². The van der Waals surface area contributed by atoms with Crippen LogP contribution in [0.15, 0.2) is 42.5 Å². The maximum atomic E-state index is 9.94. The van der Waals surface area contributed by atoms with Gasteiger partial charge in [-0.25, -0.2) is 0 Å². The summed E-state index contributed by atoms with van der Waals surface area (Å²) in [5.74, 6) is 0. The monoisotopic (exact) mass is 201 g/mol. The van der Waals surface area contributed by atoms with E-state index in [0.717, 1.165) is 16.3 Å². The summed E-state index contributed by atoms with van der Waals surface area (Å²) in [7, 11) is 0. The first-order chi connectivity index (χ1) is 7.33. The van der Waals surface area contributed by atoms with E-state index in [1.807, 2.05) is 42.5 Å². The standard InChI is InChI=1S/C13H15NO/c14-9-8-13(15)12-7-3-5-10-4-1-2-6-11(10)12/h1-7,13,15H,8-9,14H2/t13-/m1/s1. The summed E-state index contributed by atoms with van der Waals surface area (Å²) < 4.78 is 0. The molecule has 0 bridgehead atoms. The van der Waals surface area contributed by atoms with Gasteiger partial charge in [0.2, 0.25) is 0 Å². The average molecular weight is 201 g/mol. The van der Waals surface area contributed by atoms with Gasteiger partial charge in [-0.1, -0.05) is 42.5 Å². The molecule has 2 aromatic rings. The third-order valence-corrected chi connectivity index (χ3v) is 2.62. The van der Waals surface area contributed by atoms with Crippen molar-refractivity contribution in [3.8, 4) is 0 Å². The highest BCUT2D eigenvalue weighted by molar-refractivity contribution is 5.85. The number of hydrogen-bond acceptors (Lipinski definition) is 2. The summed E-state index contributed by atoms with van der Waals surface area (Å²) in [6, 6.07) is 14.1. The molecule has 0 unspecified atom stereocenters. The second-order valence-electron chi connectivity index (χ2n) is 3.66. The van der Waals surface area contributed by atoms with Gasteiger partial charge in [0.05, 0.1) is 6.10 Å². The molecular formula is C13H15NO. The number of nitrogens with two attached hydrogens (primary N) is 1. The molecule has 3 N–H and O–H groups in total. The second-order valence-corrected chi connectivity index (χ2v) is 3.66. The van der Waals surface area contributed by atoms with Crippen molar-refractivity contribution in [1.29, 1.82) is 0 Å². The smallest absolute Gasteiger partial charge is 0.0808 e. The summed E-state index contributed by atoms with van der Waals surface area (Å²) in [6.07, 6.45) is 0.148. The maximum Gasteiger partial charge on any atom is 0.0808 e. The lowest BCUT2D eigenvalue weighted by Crippen LogP contribution is -2.06. The molecule has 0 spiro atoms. The molecule has 0 aromatic heterocycles. The molecule has 2 aromatic carbocycles. The van der Waals surface area contributed by atoms with E-state index in [1.54, 1.807) is 0 Å². The largest absolute Gasteiger partial charge is 0.388 e. The Morgan fingerprint density at radius 3 is 2.60 bits per heavy atom. The number of fused-ring (bicyclic) bond motifs is 1. The summed E-state index contributed by atoms with van der Waals surface area (Å²) in [5.41, 5.74) is 6.42. The molecule has 1 atom stereocenters. The van der Waals surface area contributed by atoms with E-state index in [9.17, 15) is 5.11 Å². The van der Waals surface area contributed by atoms with Crippen molar-refractivity contribution in [1.82, 2.24) is 0 Å². The Morgan fingerprint density at radius 2 is 1.80 bits per heavy atom. The minimum atomic E-state index is -0.457. The molecule has 0 aliphatic rings. The molecule has 15 heavy (non-hydrogen) atoms. The molecule has 0 aliphatic heterocycles. The molecule has 2 heteroatoms. The van der Waals surface area contributed by atoms with E-state index in [4.69, 9.17) is 5.73 Å². The van der Waals surface area contributed by atoms with Crippen molar-refractivity contribution in [3.63, 3.8) is 0 Å². The molecular weight excluding hydrogens is 186 g/mol. The Balaban J connectivity index is 2.50. The average Bonchev–Trinajstić information content (AvgIpc) is 2.28. The van der Waals surface area contributed by atoms with E-state index in [1.165, 1.54) is 0 Å². The summed E-state index contributed by atoms with van der Waals surface area (Å²) >= 11 is 0. The van der Waals surface area contributed by atoms with Gasteiger partial charge < -0.3 is 10.8 Å². The molecule has 0 aliphatic carbocycles.